The van der Waals surface area contributed by atoms with E-state index in [4.69, 9.17) is 16.3 Å². The van der Waals surface area contributed by atoms with Crippen LogP contribution in [-0.4, -0.2) is 29.1 Å². The fourth-order valence-electron chi connectivity index (χ4n) is 1.46. The number of methoxy groups -OCH3 is 1. The lowest BCUT2D eigenvalue weighted by molar-refractivity contribution is 0.378. The van der Waals surface area contributed by atoms with Gasteiger partial charge in [-0.2, -0.15) is 15.0 Å². The van der Waals surface area contributed by atoms with E-state index in [-0.39, 0.29) is 17.3 Å². The van der Waals surface area contributed by atoms with E-state index in [0.29, 0.717) is 5.95 Å². The highest BCUT2D eigenvalue weighted by Crippen LogP contribution is 2.27. The zero-order chi connectivity index (χ0) is 13.1. The molecule has 1 unspecified atom stereocenters. The normalized spacial score (nSPS) is 12.2. The van der Waals surface area contributed by atoms with Gasteiger partial charge in [-0.3, -0.25) is 0 Å². The number of rotatable bonds is 4. The smallest absolute Gasteiger partial charge is 0.322 e. The number of ether oxygens (including phenoxy) is 1. The molecule has 0 aliphatic rings. The molecule has 96 valence electrons. The van der Waals surface area contributed by atoms with Crippen LogP contribution in [0.25, 0.3) is 0 Å². The molecule has 7 heteroatoms. The minimum atomic E-state index is 0.127. The van der Waals surface area contributed by atoms with Gasteiger partial charge in [0.25, 0.3) is 0 Å². The van der Waals surface area contributed by atoms with Gasteiger partial charge in [0.1, 0.15) is 0 Å². The molecular weight excluding hydrogens is 272 g/mol. The molecule has 18 heavy (non-hydrogen) atoms. The Bertz CT molecular complexity index is 520. The van der Waals surface area contributed by atoms with Gasteiger partial charge < -0.3 is 9.64 Å². The Morgan fingerprint density at radius 3 is 2.78 bits per heavy atom. The minimum Gasteiger partial charge on any atom is -0.467 e. The second-order valence-electron chi connectivity index (χ2n) is 3.69. The summed E-state index contributed by atoms with van der Waals surface area (Å²) in [4.78, 5) is 15.3. The van der Waals surface area contributed by atoms with Gasteiger partial charge in [0.05, 0.1) is 13.2 Å². The number of nitrogens with zero attached hydrogens (tertiary/aromatic N) is 4. The number of hydrogen-bond donors (Lipinski definition) is 0. The largest absolute Gasteiger partial charge is 0.467 e. The summed E-state index contributed by atoms with van der Waals surface area (Å²) in [6.07, 6.45) is 0. The zero-order valence-corrected chi connectivity index (χ0v) is 11.9. The lowest BCUT2D eigenvalue weighted by Gasteiger charge is -2.23. The van der Waals surface area contributed by atoms with Crippen molar-refractivity contribution in [1.82, 2.24) is 15.0 Å². The first-order valence-electron chi connectivity index (χ1n) is 5.33. The maximum atomic E-state index is 5.84. The van der Waals surface area contributed by atoms with E-state index in [0.717, 1.165) is 0 Å². The van der Waals surface area contributed by atoms with E-state index in [9.17, 15) is 0 Å². The molecule has 0 aliphatic heterocycles. The van der Waals surface area contributed by atoms with Crippen molar-refractivity contribution in [3.8, 4) is 6.01 Å². The SMILES string of the molecule is COc1nc(Cl)nc(N(C)C(C)c2cccs2)n1. The molecule has 0 saturated heterocycles. The molecule has 0 amide bonds. The summed E-state index contributed by atoms with van der Waals surface area (Å²) in [5.74, 6) is 0.493. The Hall–Kier alpha value is -1.40. The third kappa shape index (κ3) is 2.70. The van der Waals surface area contributed by atoms with Crippen molar-refractivity contribution in [3.63, 3.8) is 0 Å². The lowest BCUT2D eigenvalue weighted by atomic mass is 10.2. The molecule has 0 aromatic carbocycles. The molecule has 0 saturated carbocycles. The minimum absolute atomic E-state index is 0.127. The van der Waals surface area contributed by atoms with Crippen LogP contribution in [0.1, 0.15) is 17.8 Å². The predicted molar refractivity (Wildman–Crippen MR) is 72.5 cm³/mol. The van der Waals surface area contributed by atoms with Gasteiger partial charge in [0.15, 0.2) is 0 Å². The van der Waals surface area contributed by atoms with E-state index in [1.807, 2.05) is 23.4 Å². The van der Waals surface area contributed by atoms with Crippen LogP contribution in [0, 0.1) is 0 Å². The number of anilines is 1. The van der Waals surface area contributed by atoms with Gasteiger partial charge in [-0.05, 0) is 30.0 Å². The highest BCUT2D eigenvalue weighted by Gasteiger charge is 2.17. The van der Waals surface area contributed by atoms with Crippen LogP contribution in [0.2, 0.25) is 5.28 Å². The number of thiophene rings is 1. The Balaban J connectivity index is 2.28. The van der Waals surface area contributed by atoms with Gasteiger partial charge in [-0.15, -0.1) is 11.3 Å². The summed E-state index contributed by atoms with van der Waals surface area (Å²) in [5, 5.41) is 2.17. The Labute approximate surface area is 114 Å². The first-order valence-corrected chi connectivity index (χ1v) is 6.59. The Kier molecular flexibility index (Phi) is 3.98. The summed E-state index contributed by atoms with van der Waals surface area (Å²) >= 11 is 7.53. The van der Waals surface area contributed by atoms with Crippen LogP contribution in [-0.2, 0) is 0 Å². The molecule has 0 aliphatic carbocycles. The van der Waals surface area contributed by atoms with E-state index < -0.39 is 0 Å². The zero-order valence-electron chi connectivity index (χ0n) is 10.3. The molecule has 2 rings (SSSR count). The summed E-state index contributed by atoms with van der Waals surface area (Å²) in [5.41, 5.74) is 0. The van der Waals surface area contributed by atoms with Gasteiger partial charge in [-0.25, -0.2) is 0 Å². The molecule has 0 spiro atoms. The van der Waals surface area contributed by atoms with Crippen molar-refractivity contribution in [2.75, 3.05) is 19.1 Å². The van der Waals surface area contributed by atoms with Crippen molar-refractivity contribution < 1.29 is 4.74 Å². The average molecular weight is 285 g/mol. The second kappa shape index (κ2) is 5.49. The number of aromatic nitrogens is 3. The predicted octanol–water partition coefficient (Wildman–Crippen LogP) is 2.79. The van der Waals surface area contributed by atoms with Crippen molar-refractivity contribution in [2.45, 2.75) is 13.0 Å². The molecule has 0 bridgehead atoms. The van der Waals surface area contributed by atoms with Crippen molar-refractivity contribution >= 4 is 28.9 Å². The lowest BCUT2D eigenvalue weighted by Crippen LogP contribution is -2.23. The molecule has 0 radical (unpaired) electrons. The topological polar surface area (TPSA) is 51.1 Å². The van der Waals surface area contributed by atoms with Crippen LogP contribution in [0.3, 0.4) is 0 Å². The maximum Gasteiger partial charge on any atom is 0.322 e. The highest BCUT2D eigenvalue weighted by molar-refractivity contribution is 7.10. The first-order chi connectivity index (χ1) is 8.61. The third-order valence-corrected chi connectivity index (χ3v) is 3.82. The van der Waals surface area contributed by atoms with E-state index >= 15 is 0 Å². The van der Waals surface area contributed by atoms with Crippen molar-refractivity contribution in [1.29, 1.82) is 0 Å². The Morgan fingerprint density at radius 1 is 1.39 bits per heavy atom. The van der Waals surface area contributed by atoms with E-state index in [1.165, 1.54) is 12.0 Å². The molecule has 1 atom stereocenters. The fraction of sp³-hybridized carbons (Fsp3) is 0.364. The van der Waals surface area contributed by atoms with Crippen LogP contribution in [0.5, 0.6) is 6.01 Å². The number of halogens is 1. The van der Waals surface area contributed by atoms with E-state index in [1.54, 1.807) is 11.3 Å². The molecule has 0 fully saturated rings. The van der Waals surface area contributed by atoms with Crippen LogP contribution < -0.4 is 9.64 Å². The molecule has 2 aromatic heterocycles. The van der Waals surface area contributed by atoms with Crippen LogP contribution in [0.15, 0.2) is 17.5 Å². The summed E-state index contributed by atoms with van der Waals surface area (Å²) in [7, 11) is 3.41. The van der Waals surface area contributed by atoms with Crippen LogP contribution >= 0.6 is 22.9 Å². The highest BCUT2D eigenvalue weighted by atomic mass is 35.5. The number of hydrogen-bond acceptors (Lipinski definition) is 6. The average Bonchev–Trinajstić information content (AvgIpc) is 2.90. The summed E-state index contributed by atoms with van der Waals surface area (Å²) in [6, 6.07) is 4.47. The van der Waals surface area contributed by atoms with Gasteiger partial charge in [-0.1, -0.05) is 6.07 Å². The molecule has 2 aromatic rings. The fourth-order valence-corrected chi connectivity index (χ4v) is 2.44. The van der Waals surface area contributed by atoms with E-state index in [2.05, 4.69) is 27.9 Å². The summed E-state index contributed by atoms with van der Waals surface area (Å²) < 4.78 is 4.99. The monoisotopic (exact) mass is 284 g/mol. The quantitative estimate of drug-likeness (QED) is 0.864. The maximum absolute atomic E-state index is 5.84. The third-order valence-electron chi connectivity index (χ3n) is 2.61. The molecular formula is C11H13ClN4OS. The van der Waals surface area contributed by atoms with Crippen LogP contribution in [0.4, 0.5) is 5.95 Å². The molecule has 5 nitrogen and oxygen atoms in total. The molecule has 2 heterocycles. The second-order valence-corrected chi connectivity index (χ2v) is 5.01. The molecule has 0 N–H and O–H groups in total. The van der Waals surface area contributed by atoms with Crippen molar-refractivity contribution in [3.05, 3.63) is 27.7 Å². The Morgan fingerprint density at radius 2 is 2.17 bits per heavy atom. The standard InChI is InChI=1S/C11H13ClN4OS/c1-7(8-5-4-6-18-8)16(2)10-13-9(12)14-11(15-10)17-3/h4-7H,1-3H3. The van der Waals surface area contributed by atoms with Gasteiger partial charge >= 0.3 is 6.01 Å². The van der Waals surface area contributed by atoms with Gasteiger partial charge in [0, 0.05) is 11.9 Å². The van der Waals surface area contributed by atoms with Crippen molar-refractivity contribution in [2.24, 2.45) is 0 Å². The van der Waals surface area contributed by atoms with Gasteiger partial charge in [0.2, 0.25) is 11.2 Å². The summed E-state index contributed by atoms with van der Waals surface area (Å²) in [6.45, 7) is 2.08. The first kappa shape index (κ1) is 13.0.